The number of anilines is 1. The lowest BCUT2D eigenvalue weighted by Gasteiger charge is -2.41. The van der Waals surface area contributed by atoms with Crippen LogP contribution in [0.2, 0.25) is 0 Å². The van der Waals surface area contributed by atoms with Crippen molar-refractivity contribution >= 4 is 17.4 Å². The Morgan fingerprint density at radius 3 is 2.55 bits per heavy atom. The number of carbonyl (C=O) groups is 1. The summed E-state index contributed by atoms with van der Waals surface area (Å²) in [4.78, 5) is 19.8. The van der Waals surface area contributed by atoms with Gasteiger partial charge in [0.15, 0.2) is 23.3 Å². The zero-order valence-electron chi connectivity index (χ0n) is 27.9. The number of hydrogen-bond acceptors (Lipinski definition) is 7. The molecule has 248 valence electrons. The van der Waals surface area contributed by atoms with E-state index in [1.807, 2.05) is 83.2 Å². The molecule has 0 spiro atoms. The Morgan fingerprint density at radius 2 is 1.83 bits per heavy atom. The van der Waals surface area contributed by atoms with Gasteiger partial charge in [-0.15, -0.1) is 0 Å². The van der Waals surface area contributed by atoms with Crippen molar-refractivity contribution in [2.75, 3.05) is 24.6 Å². The molecule has 0 aliphatic carbocycles. The summed E-state index contributed by atoms with van der Waals surface area (Å²) in [5, 5.41) is 15.5. The van der Waals surface area contributed by atoms with Gasteiger partial charge in [-0.05, 0) is 72.1 Å². The fraction of sp³-hybridized carbons (Fsp3) is 0.432. The minimum Gasteiger partial charge on any atom is -0.487 e. The molecule has 3 aliphatic rings. The molecule has 7 rings (SSSR count). The highest BCUT2D eigenvalue weighted by Gasteiger charge is 2.37. The topological polar surface area (TPSA) is 98.4 Å². The quantitative estimate of drug-likeness (QED) is 0.229. The Morgan fingerprint density at radius 1 is 1.11 bits per heavy atom. The maximum Gasteiger partial charge on any atom is 0.337 e. The number of hydrogen-bond donors (Lipinski definition) is 1. The van der Waals surface area contributed by atoms with Gasteiger partial charge in [0.25, 0.3) is 0 Å². The Bertz CT molecular complexity index is 1820. The van der Waals surface area contributed by atoms with Crippen molar-refractivity contribution < 1.29 is 28.5 Å². The van der Waals surface area contributed by atoms with Gasteiger partial charge in [-0.25, -0.2) is 14.2 Å². The maximum absolute atomic E-state index is 15.2. The molecule has 0 amide bonds. The summed E-state index contributed by atoms with van der Waals surface area (Å²) in [5.74, 6) is -0.669. The first-order valence-corrected chi connectivity index (χ1v) is 16.2. The summed E-state index contributed by atoms with van der Waals surface area (Å²) in [6, 6.07) is 14.6. The third-order valence-corrected chi connectivity index (χ3v) is 8.80. The molecule has 10 heteroatoms. The SMILES string of the molecule is Cc1nc2cc3nn2c(c1[C@H](OC(C)(C)C)C(=O)O)N1CCC(C)(CC1)OC/C=C\C[C@H](C)Oc1c(F)cccc1-c1cccc-3c1. The lowest BCUT2D eigenvalue weighted by Crippen LogP contribution is -2.45. The lowest BCUT2D eigenvalue weighted by molar-refractivity contribution is -0.160. The molecule has 2 aromatic heterocycles. The largest absolute Gasteiger partial charge is 0.487 e. The Labute approximate surface area is 275 Å². The second kappa shape index (κ2) is 12.7. The highest BCUT2D eigenvalue weighted by Crippen LogP contribution is 2.39. The molecule has 2 aromatic carbocycles. The van der Waals surface area contributed by atoms with Crippen molar-refractivity contribution in [3.05, 3.63) is 77.8 Å². The minimum atomic E-state index is -1.26. The van der Waals surface area contributed by atoms with Crippen LogP contribution in [0.4, 0.5) is 10.2 Å². The fourth-order valence-corrected chi connectivity index (χ4v) is 6.35. The summed E-state index contributed by atoms with van der Waals surface area (Å²) in [6.07, 6.45) is 4.54. The van der Waals surface area contributed by atoms with Gasteiger partial charge in [0.05, 0.1) is 35.2 Å². The number of carboxylic acids is 1. The van der Waals surface area contributed by atoms with E-state index in [0.717, 1.165) is 24.0 Å². The van der Waals surface area contributed by atoms with Crippen LogP contribution in [0.3, 0.4) is 0 Å². The standard InChI is InChI=1S/C37H43FN4O5/c1-23-11-7-8-20-45-37(6)16-18-41(19-17-37)34-31(33(35(43)44)47-36(3,4)5)24(2)39-30-22-29(40-42(30)34)26-13-9-12-25(21-26)27-14-10-15-28(38)32(27)46-23/h7-10,12-15,21-23,33H,11,16-20H2,1-6H3,(H,43,44)/b8-7-/t23-,33-/m0/s1. The number of rotatable bonds is 3. The van der Waals surface area contributed by atoms with Gasteiger partial charge in [0.2, 0.25) is 0 Å². The average molecular weight is 643 g/mol. The fourth-order valence-electron chi connectivity index (χ4n) is 6.35. The van der Waals surface area contributed by atoms with Crippen molar-refractivity contribution in [1.29, 1.82) is 0 Å². The van der Waals surface area contributed by atoms with Gasteiger partial charge < -0.3 is 24.2 Å². The number of fused-ring (bicyclic) bond motifs is 7. The molecule has 0 radical (unpaired) electrons. The molecule has 3 aliphatic heterocycles. The van der Waals surface area contributed by atoms with Crippen molar-refractivity contribution in [2.45, 2.75) is 84.2 Å². The molecule has 1 saturated heterocycles. The van der Waals surface area contributed by atoms with E-state index in [1.165, 1.54) is 6.07 Å². The summed E-state index contributed by atoms with van der Waals surface area (Å²) in [5.41, 5.74) is 3.42. The average Bonchev–Trinajstić information content (AvgIpc) is 3.43. The van der Waals surface area contributed by atoms with Crippen LogP contribution in [0.15, 0.2) is 60.7 Å². The van der Waals surface area contributed by atoms with Gasteiger partial charge in [-0.3, -0.25) is 0 Å². The molecule has 1 fully saturated rings. The predicted molar refractivity (Wildman–Crippen MR) is 179 cm³/mol. The molecule has 6 bridgehead atoms. The monoisotopic (exact) mass is 642 g/mol. The Hall–Kier alpha value is -4.28. The maximum atomic E-state index is 15.2. The van der Waals surface area contributed by atoms with E-state index in [0.29, 0.717) is 60.1 Å². The van der Waals surface area contributed by atoms with Crippen LogP contribution < -0.4 is 9.64 Å². The van der Waals surface area contributed by atoms with E-state index in [4.69, 9.17) is 24.3 Å². The normalized spacial score (nSPS) is 21.7. The highest BCUT2D eigenvalue weighted by atomic mass is 19.1. The first-order valence-electron chi connectivity index (χ1n) is 16.2. The molecule has 9 nitrogen and oxygen atoms in total. The van der Waals surface area contributed by atoms with Crippen LogP contribution in [0, 0.1) is 12.7 Å². The zero-order chi connectivity index (χ0) is 33.5. The van der Waals surface area contributed by atoms with Gasteiger partial charge in [-0.2, -0.15) is 9.61 Å². The molecule has 47 heavy (non-hydrogen) atoms. The van der Waals surface area contributed by atoms with Gasteiger partial charge in [0.1, 0.15) is 5.82 Å². The number of halogens is 1. The van der Waals surface area contributed by atoms with E-state index in [9.17, 15) is 9.90 Å². The summed E-state index contributed by atoms with van der Waals surface area (Å²) >= 11 is 0. The third-order valence-electron chi connectivity index (χ3n) is 8.80. The second-order valence-electron chi connectivity index (χ2n) is 13.8. The summed E-state index contributed by atoms with van der Waals surface area (Å²) in [6.45, 7) is 13.1. The number of carboxylic acid groups (broad SMARTS) is 1. The van der Waals surface area contributed by atoms with Gasteiger partial charge in [0, 0.05) is 42.4 Å². The number of piperidine rings is 1. The van der Waals surface area contributed by atoms with Crippen molar-refractivity contribution in [3.8, 4) is 28.1 Å². The lowest BCUT2D eigenvalue weighted by atomic mass is 9.92. The highest BCUT2D eigenvalue weighted by molar-refractivity contribution is 5.80. The summed E-state index contributed by atoms with van der Waals surface area (Å²) < 4.78 is 35.7. The molecular weight excluding hydrogens is 599 g/mol. The third kappa shape index (κ3) is 6.89. The number of aliphatic carboxylic acids is 1. The van der Waals surface area contributed by atoms with Gasteiger partial charge >= 0.3 is 5.97 Å². The van der Waals surface area contributed by atoms with E-state index in [2.05, 4.69) is 11.8 Å². The van der Waals surface area contributed by atoms with Crippen LogP contribution in [0.1, 0.15) is 71.2 Å². The van der Waals surface area contributed by atoms with E-state index in [-0.39, 0.29) is 17.5 Å². The van der Waals surface area contributed by atoms with Crippen molar-refractivity contribution in [2.24, 2.45) is 0 Å². The summed E-state index contributed by atoms with van der Waals surface area (Å²) in [7, 11) is 0. The van der Waals surface area contributed by atoms with Crippen LogP contribution >= 0.6 is 0 Å². The van der Waals surface area contributed by atoms with Crippen LogP contribution in [0.25, 0.3) is 28.0 Å². The van der Waals surface area contributed by atoms with Gasteiger partial charge in [-0.1, -0.05) is 42.5 Å². The second-order valence-corrected chi connectivity index (χ2v) is 13.8. The number of para-hydroxylation sites is 1. The van der Waals surface area contributed by atoms with Crippen molar-refractivity contribution in [1.82, 2.24) is 14.6 Å². The van der Waals surface area contributed by atoms with E-state index in [1.54, 1.807) is 10.6 Å². The number of benzene rings is 2. The van der Waals surface area contributed by atoms with Crippen molar-refractivity contribution in [3.63, 3.8) is 0 Å². The number of aromatic nitrogens is 3. The van der Waals surface area contributed by atoms with Crippen LogP contribution in [-0.2, 0) is 14.3 Å². The molecule has 1 N–H and O–H groups in total. The predicted octanol–water partition coefficient (Wildman–Crippen LogP) is 7.55. The molecule has 2 atom stereocenters. The van der Waals surface area contributed by atoms with E-state index < -0.39 is 23.5 Å². The molecule has 4 aromatic rings. The zero-order valence-corrected chi connectivity index (χ0v) is 27.9. The molecule has 0 unspecified atom stereocenters. The number of aryl methyl sites for hydroxylation is 1. The molecule has 5 heterocycles. The van der Waals surface area contributed by atoms with Crippen LogP contribution in [0.5, 0.6) is 5.75 Å². The number of nitrogens with zero attached hydrogens (tertiary/aromatic N) is 4. The smallest absolute Gasteiger partial charge is 0.337 e. The molecule has 0 saturated carbocycles. The number of ether oxygens (including phenoxy) is 3. The van der Waals surface area contributed by atoms with E-state index >= 15 is 4.39 Å². The Balaban J connectivity index is 1.55. The first kappa shape index (κ1) is 32.7. The molecular formula is C37H43FN4O5. The first-order chi connectivity index (χ1) is 22.3. The Kier molecular flexibility index (Phi) is 8.84. The minimum absolute atomic E-state index is 0.201. The van der Waals surface area contributed by atoms with Crippen LogP contribution in [-0.4, -0.2) is 62.7 Å².